The molecule has 138 valence electrons. The van der Waals surface area contributed by atoms with Gasteiger partial charge in [-0.2, -0.15) is 0 Å². The number of para-hydroxylation sites is 2. The van der Waals surface area contributed by atoms with Crippen LogP contribution in [0.3, 0.4) is 0 Å². The standard InChI is InChI=1S/C20H17NO6/c1-26-17-9-5-4-8-15(17)21-18(23)11-27-20(25)14-10-16(22)12-6-2-3-7-13(12)19(14)24/h2-10,22,24H,11H2,1H3,(H,21,23). The van der Waals surface area contributed by atoms with Gasteiger partial charge in [-0.15, -0.1) is 0 Å². The van der Waals surface area contributed by atoms with Crippen LogP contribution in [0.5, 0.6) is 17.2 Å². The fourth-order valence-corrected chi connectivity index (χ4v) is 2.64. The zero-order valence-corrected chi connectivity index (χ0v) is 14.4. The molecule has 0 saturated heterocycles. The summed E-state index contributed by atoms with van der Waals surface area (Å²) < 4.78 is 10.1. The van der Waals surface area contributed by atoms with Crippen molar-refractivity contribution in [3.05, 3.63) is 60.2 Å². The van der Waals surface area contributed by atoms with Crippen LogP contribution >= 0.6 is 0 Å². The molecule has 0 atom stereocenters. The summed E-state index contributed by atoms with van der Waals surface area (Å²) in [5.41, 5.74) is 0.212. The molecule has 7 nitrogen and oxygen atoms in total. The first-order chi connectivity index (χ1) is 13.0. The van der Waals surface area contributed by atoms with Crippen LogP contribution in [-0.2, 0) is 9.53 Å². The minimum Gasteiger partial charge on any atom is -0.507 e. The van der Waals surface area contributed by atoms with E-state index >= 15 is 0 Å². The quantitative estimate of drug-likeness (QED) is 0.473. The number of carbonyl (C=O) groups excluding carboxylic acids is 2. The van der Waals surface area contributed by atoms with Crippen LogP contribution in [0.15, 0.2) is 54.6 Å². The number of amides is 1. The third-order valence-corrected chi connectivity index (χ3v) is 3.93. The van der Waals surface area contributed by atoms with Crippen LogP contribution in [0.25, 0.3) is 10.8 Å². The Hall–Kier alpha value is -3.74. The number of aromatic hydroxyl groups is 2. The highest BCUT2D eigenvalue weighted by Gasteiger charge is 2.19. The predicted octanol–water partition coefficient (Wildman–Crippen LogP) is 3.06. The lowest BCUT2D eigenvalue weighted by Crippen LogP contribution is -2.21. The molecule has 0 aliphatic carbocycles. The van der Waals surface area contributed by atoms with Gasteiger partial charge in [-0.1, -0.05) is 36.4 Å². The Balaban J connectivity index is 1.72. The van der Waals surface area contributed by atoms with Gasteiger partial charge >= 0.3 is 5.97 Å². The minimum atomic E-state index is -0.927. The van der Waals surface area contributed by atoms with Gasteiger partial charge in [0.15, 0.2) is 6.61 Å². The number of phenols is 2. The maximum atomic E-state index is 12.2. The lowest BCUT2D eigenvalue weighted by molar-refractivity contribution is -0.119. The largest absolute Gasteiger partial charge is 0.507 e. The predicted molar refractivity (Wildman–Crippen MR) is 99.2 cm³/mol. The molecule has 0 radical (unpaired) electrons. The van der Waals surface area contributed by atoms with Crippen LogP contribution in [0.2, 0.25) is 0 Å². The third kappa shape index (κ3) is 3.77. The first-order valence-electron chi connectivity index (χ1n) is 8.05. The maximum Gasteiger partial charge on any atom is 0.342 e. The summed E-state index contributed by atoms with van der Waals surface area (Å²) in [5.74, 6) is -1.53. The van der Waals surface area contributed by atoms with Crippen molar-refractivity contribution in [1.29, 1.82) is 0 Å². The third-order valence-electron chi connectivity index (χ3n) is 3.93. The molecule has 3 aromatic rings. The molecule has 7 heteroatoms. The smallest absolute Gasteiger partial charge is 0.342 e. The number of rotatable bonds is 5. The van der Waals surface area contributed by atoms with Crippen LogP contribution in [0, 0.1) is 0 Å². The first-order valence-corrected chi connectivity index (χ1v) is 8.05. The summed E-state index contributed by atoms with van der Waals surface area (Å²) in [7, 11) is 1.47. The fourth-order valence-electron chi connectivity index (χ4n) is 2.64. The van der Waals surface area contributed by atoms with E-state index in [1.807, 2.05) is 0 Å². The van der Waals surface area contributed by atoms with E-state index in [1.54, 1.807) is 48.5 Å². The average molecular weight is 367 g/mol. The van der Waals surface area contributed by atoms with Gasteiger partial charge in [0.05, 0.1) is 12.8 Å². The van der Waals surface area contributed by atoms with E-state index in [2.05, 4.69) is 5.32 Å². The molecule has 0 heterocycles. The second-order valence-corrected chi connectivity index (χ2v) is 5.66. The van der Waals surface area contributed by atoms with Gasteiger partial charge in [-0.25, -0.2) is 4.79 Å². The molecule has 0 spiro atoms. The van der Waals surface area contributed by atoms with E-state index in [0.29, 0.717) is 22.2 Å². The average Bonchev–Trinajstić information content (AvgIpc) is 2.69. The molecule has 1 amide bonds. The highest BCUT2D eigenvalue weighted by Crippen LogP contribution is 2.35. The topological polar surface area (TPSA) is 105 Å². The number of ether oxygens (including phenoxy) is 2. The Bertz CT molecular complexity index is 1010. The van der Waals surface area contributed by atoms with Crippen molar-refractivity contribution in [2.45, 2.75) is 0 Å². The lowest BCUT2D eigenvalue weighted by atomic mass is 10.0. The highest BCUT2D eigenvalue weighted by molar-refractivity contribution is 6.04. The van der Waals surface area contributed by atoms with Crippen LogP contribution < -0.4 is 10.1 Å². The van der Waals surface area contributed by atoms with Gasteiger partial charge in [0.25, 0.3) is 5.91 Å². The summed E-state index contributed by atoms with van der Waals surface area (Å²) >= 11 is 0. The van der Waals surface area contributed by atoms with Crippen LogP contribution in [0.4, 0.5) is 5.69 Å². The van der Waals surface area contributed by atoms with Crippen LogP contribution in [-0.4, -0.2) is 35.8 Å². The number of anilines is 1. The first kappa shape index (κ1) is 18.1. The van der Waals surface area contributed by atoms with Crippen molar-refractivity contribution in [2.24, 2.45) is 0 Å². The molecule has 0 aliphatic rings. The lowest BCUT2D eigenvalue weighted by Gasteiger charge is -2.11. The van der Waals surface area contributed by atoms with Gasteiger partial charge < -0.3 is 25.0 Å². The normalized spacial score (nSPS) is 10.4. The second-order valence-electron chi connectivity index (χ2n) is 5.66. The summed E-state index contributed by atoms with van der Waals surface area (Å²) in [5, 5.41) is 23.6. The van der Waals surface area contributed by atoms with Gasteiger partial charge in [0.1, 0.15) is 22.8 Å². The second kappa shape index (κ2) is 7.65. The van der Waals surface area contributed by atoms with Crippen molar-refractivity contribution in [3.63, 3.8) is 0 Å². The number of hydrogen-bond donors (Lipinski definition) is 3. The molecule has 3 rings (SSSR count). The number of carbonyl (C=O) groups is 2. The Labute approximate surface area is 154 Å². The van der Waals surface area contributed by atoms with Gasteiger partial charge in [0.2, 0.25) is 0 Å². The Morgan fingerprint density at radius 2 is 1.67 bits per heavy atom. The molecule has 27 heavy (non-hydrogen) atoms. The zero-order chi connectivity index (χ0) is 19.4. The molecular weight excluding hydrogens is 350 g/mol. The highest BCUT2D eigenvalue weighted by atomic mass is 16.5. The van der Waals surface area contributed by atoms with Crippen molar-refractivity contribution in [2.75, 3.05) is 19.0 Å². The molecule has 0 aliphatic heterocycles. The van der Waals surface area contributed by atoms with E-state index in [1.165, 1.54) is 7.11 Å². The van der Waals surface area contributed by atoms with Crippen LogP contribution in [0.1, 0.15) is 10.4 Å². The number of methoxy groups -OCH3 is 1. The van der Waals surface area contributed by atoms with Crippen molar-refractivity contribution in [3.8, 4) is 17.2 Å². The molecule has 0 aromatic heterocycles. The minimum absolute atomic E-state index is 0.172. The van der Waals surface area contributed by atoms with Gasteiger partial charge in [-0.3, -0.25) is 4.79 Å². The molecular formula is C20H17NO6. The molecule has 0 fully saturated rings. The summed E-state index contributed by atoms with van der Waals surface area (Å²) in [6.07, 6.45) is 0. The number of benzene rings is 3. The van der Waals surface area contributed by atoms with Crippen molar-refractivity contribution in [1.82, 2.24) is 0 Å². The Kier molecular flexibility index (Phi) is 5.12. The SMILES string of the molecule is COc1ccccc1NC(=O)COC(=O)c1cc(O)c2ccccc2c1O. The molecule has 0 bridgehead atoms. The van der Waals surface area contributed by atoms with E-state index in [4.69, 9.17) is 9.47 Å². The monoisotopic (exact) mass is 367 g/mol. The molecule has 3 aromatic carbocycles. The summed E-state index contributed by atoms with van der Waals surface area (Å²) in [6.45, 7) is -0.566. The summed E-state index contributed by atoms with van der Waals surface area (Å²) in [4.78, 5) is 24.3. The number of hydrogen-bond acceptors (Lipinski definition) is 6. The molecule has 3 N–H and O–H groups in total. The Morgan fingerprint density at radius 3 is 2.41 bits per heavy atom. The van der Waals surface area contributed by atoms with Crippen molar-refractivity contribution >= 4 is 28.3 Å². The summed E-state index contributed by atoms with van der Waals surface area (Å²) in [6, 6.07) is 14.4. The van der Waals surface area contributed by atoms with E-state index in [-0.39, 0.29) is 17.1 Å². The van der Waals surface area contributed by atoms with E-state index in [9.17, 15) is 19.8 Å². The number of esters is 1. The molecule has 0 unspecified atom stereocenters. The van der Waals surface area contributed by atoms with Crippen molar-refractivity contribution < 1.29 is 29.3 Å². The molecule has 0 saturated carbocycles. The maximum absolute atomic E-state index is 12.2. The number of nitrogens with one attached hydrogen (secondary N) is 1. The van der Waals surface area contributed by atoms with Gasteiger partial charge in [-0.05, 0) is 18.2 Å². The zero-order valence-electron chi connectivity index (χ0n) is 14.4. The van der Waals surface area contributed by atoms with E-state index in [0.717, 1.165) is 6.07 Å². The van der Waals surface area contributed by atoms with Gasteiger partial charge in [0, 0.05) is 10.8 Å². The van der Waals surface area contributed by atoms with E-state index < -0.39 is 18.5 Å². The number of fused-ring (bicyclic) bond motifs is 1. The number of phenolic OH excluding ortho intramolecular Hbond substituents is 2. The fraction of sp³-hybridized carbons (Fsp3) is 0.100. The Morgan fingerprint density at radius 1 is 1.00 bits per heavy atom.